The minimum absolute atomic E-state index is 0.347. The summed E-state index contributed by atoms with van der Waals surface area (Å²) < 4.78 is 6.95. The van der Waals surface area contributed by atoms with Gasteiger partial charge in [0.15, 0.2) is 8.32 Å². The number of hydrogen-bond acceptors (Lipinski definition) is 4. The van der Waals surface area contributed by atoms with Crippen LogP contribution in [0.25, 0.3) is 0 Å². The van der Waals surface area contributed by atoms with E-state index in [1.807, 2.05) is 0 Å². The number of unbranched alkanes of at least 4 members (excludes halogenated alkanes) is 22. The lowest BCUT2D eigenvalue weighted by Gasteiger charge is -2.32. The molecule has 39 heavy (non-hydrogen) atoms. The maximum Gasteiger partial charge on any atom is 0.192 e. The topological polar surface area (TPSA) is 69.9 Å². The van der Waals surface area contributed by atoms with Crippen LogP contribution in [-0.4, -0.2) is 50.1 Å². The third-order valence-electron chi connectivity index (χ3n) is 8.53. The molecule has 0 aromatic heterocycles. The van der Waals surface area contributed by atoms with Gasteiger partial charge in [-0.1, -0.05) is 148 Å². The summed E-state index contributed by atoms with van der Waals surface area (Å²) in [7, 11) is -1.67. The highest BCUT2D eigenvalue weighted by atomic mass is 28.4. The summed E-state index contributed by atoms with van der Waals surface area (Å²) in [4.78, 5) is 0. The molecule has 0 saturated carbocycles. The quantitative estimate of drug-likeness (QED) is 0.0530. The van der Waals surface area contributed by atoms with Crippen molar-refractivity contribution >= 4 is 8.32 Å². The van der Waals surface area contributed by atoms with Crippen molar-refractivity contribution in [3.8, 4) is 0 Å². The molecule has 0 amide bonds. The van der Waals surface area contributed by atoms with E-state index in [-0.39, 0.29) is 0 Å². The number of aliphatic hydroxyl groups excluding tert-OH is 3. The van der Waals surface area contributed by atoms with Crippen molar-refractivity contribution < 1.29 is 19.7 Å². The molecule has 5 heteroatoms. The Kier molecular flexibility index (Phi) is 32.6. The molecule has 0 spiro atoms. The molecule has 0 rings (SSSR count). The predicted octanol–water partition coefficient (Wildman–Crippen LogP) is 10.1. The van der Waals surface area contributed by atoms with Gasteiger partial charge in [-0.2, -0.15) is 0 Å². The fraction of sp³-hybridized carbons (Fsp3) is 1.00. The van der Waals surface area contributed by atoms with E-state index in [4.69, 9.17) is 19.7 Å². The summed E-state index contributed by atoms with van der Waals surface area (Å²) in [5.41, 5.74) is 0. The standard InChI is InChI=1S/C34H72O4Si/c1-2-3-31-38-39(32-25-19-13-7-4-10-16-22-28-35,33-26-20-14-8-5-11-17-23-29-36)34-27-21-15-9-6-12-18-24-30-37/h35-37H,2-34H2,1H3. The molecular weight excluding hydrogens is 500 g/mol. The first-order valence-corrected chi connectivity index (χ1v) is 20.2. The Labute approximate surface area is 246 Å². The molecular formula is C34H72O4Si. The van der Waals surface area contributed by atoms with Gasteiger partial charge < -0.3 is 19.7 Å². The van der Waals surface area contributed by atoms with Gasteiger partial charge in [0.2, 0.25) is 0 Å². The SMILES string of the molecule is CCCCO[Si](CCCCCCCCCCO)(CCCCCCCCCCO)CCCCCCCCCCO. The Balaban J connectivity index is 4.59. The molecule has 0 aliphatic heterocycles. The zero-order valence-electron chi connectivity index (χ0n) is 26.6. The molecule has 0 saturated heterocycles. The summed E-state index contributed by atoms with van der Waals surface area (Å²) in [5, 5.41) is 26.9. The Morgan fingerprint density at radius 3 is 0.872 bits per heavy atom. The lowest BCUT2D eigenvalue weighted by molar-refractivity contribution is 0.282. The van der Waals surface area contributed by atoms with Crippen LogP contribution in [0.15, 0.2) is 0 Å². The molecule has 0 aromatic rings. The van der Waals surface area contributed by atoms with E-state index in [1.165, 1.54) is 166 Å². The van der Waals surface area contributed by atoms with Crippen molar-refractivity contribution in [3.63, 3.8) is 0 Å². The molecule has 0 bridgehead atoms. The summed E-state index contributed by atoms with van der Waals surface area (Å²) in [6.07, 6.45) is 33.1. The highest BCUT2D eigenvalue weighted by Gasteiger charge is 2.33. The van der Waals surface area contributed by atoms with Gasteiger partial charge in [-0.05, 0) is 43.8 Å². The summed E-state index contributed by atoms with van der Waals surface area (Å²) in [6, 6.07) is 4.14. The van der Waals surface area contributed by atoms with Crippen molar-refractivity contribution in [3.05, 3.63) is 0 Å². The van der Waals surface area contributed by atoms with Gasteiger partial charge in [-0.15, -0.1) is 0 Å². The molecule has 0 unspecified atom stereocenters. The van der Waals surface area contributed by atoms with Gasteiger partial charge in [0, 0.05) is 26.4 Å². The average Bonchev–Trinajstić information content (AvgIpc) is 2.94. The van der Waals surface area contributed by atoms with Gasteiger partial charge in [-0.25, -0.2) is 0 Å². The highest BCUT2D eigenvalue weighted by Crippen LogP contribution is 2.31. The van der Waals surface area contributed by atoms with Crippen molar-refractivity contribution in [1.29, 1.82) is 0 Å². The van der Waals surface area contributed by atoms with Crippen LogP contribution in [0.2, 0.25) is 18.1 Å². The predicted molar refractivity (Wildman–Crippen MR) is 173 cm³/mol. The van der Waals surface area contributed by atoms with Crippen molar-refractivity contribution in [2.45, 2.75) is 192 Å². The molecule has 0 aliphatic carbocycles. The average molecular weight is 573 g/mol. The first kappa shape index (κ1) is 39.1. The van der Waals surface area contributed by atoms with E-state index in [2.05, 4.69) is 6.92 Å². The zero-order valence-corrected chi connectivity index (χ0v) is 27.6. The van der Waals surface area contributed by atoms with Gasteiger partial charge >= 0.3 is 0 Å². The molecule has 4 nitrogen and oxygen atoms in total. The molecule has 0 aromatic carbocycles. The number of rotatable bonds is 34. The third kappa shape index (κ3) is 28.0. The molecule has 0 radical (unpaired) electrons. The Hall–Kier alpha value is 0.0569. The normalized spacial score (nSPS) is 12.0. The van der Waals surface area contributed by atoms with E-state index in [9.17, 15) is 0 Å². The monoisotopic (exact) mass is 573 g/mol. The fourth-order valence-electron chi connectivity index (χ4n) is 5.88. The van der Waals surface area contributed by atoms with Gasteiger partial charge in [0.1, 0.15) is 0 Å². The largest absolute Gasteiger partial charge is 0.417 e. The van der Waals surface area contributed by atoms with Crippen molar-refractivity contribution in [2.75, 3.05) is 26.4 Å². The molecule has 3 N–H and O–H groups in total. The van der Waals surface area contributed by atoms with Crippen LogP contribution in [0.4, 0.5) is 0 Å². The number of aliphatic hydroxyl groups is 3. The number of hydrogen-bond donors (Lipinski definition) is 3. The van der Waals surface area contributed by atoms with E-state index in [0.717, 1.165) is 25.9 Å². The van der Waals surface area contributed by atoms with Crippen LogP contribution in [0.1, 0.15) is 174 Å². The molecule has 0 heterocycles. The molecule has 0 fully saturated rings. The maximum atomic E-state index is 8.96. The highest BCUT2D eigenvalue weighted by molar-refractivity contribution is 6.73. The Bertz CT molecular complexity index is 394. The van der Waals surface area contributed by atoms with E-state index in [0.29, 0.717) is 19.8 Å². The van der Waals surface area contributed by atoms with Crippen LogP contribution < -0.4 is 0 Å². The second-order valence-corrected chi connectivity index (χ2v) is 16.4. The summed E-state index contributed by atoms with van der Waals surface area (Å²) in [5.74, 6) is 0. The maximum absolute atomic E-state index is 8.96. The van der Waals surface area contributed by atoms with Gasteiger partial charge in [-0.3, -0.25) is 0 Å². The molecule has 236 valence electrons. The molecule has 0 aliphatic rings. The first-order chi connectivity index (χ1) is 19.2. The minimum atomic E-state index is -1.67. The molecule has 0 atom stereocenters. The fourth-order valence-corrected chi connectivity index (χ4v) is 10.3. The van der Waals surface area contributed by atoms with Gasteiger partial charge in [0.05, 0.1) is 0 Å². The Morgan fingerprint density at radius 1 is 0.359 bits per heavy atom. The van der Waals surface area contributed by atoms with Crippen LogP contribution in [-0.2, 0) is 4.43 Å². The lowest BCUT2D eigenvalue weighted by Crippen LogP contribution is -2.38. The Morgan fingerprint density at radius 2 is 0.615 bits per heavy atom. The second kappa shape index (κ2) is 32.6. The first-order valence-electron chi connectivity index (χ1n) is 17.7. The van der Waals surface area contributed by atoms with Crippen molar-refractivity contribution in [1.82, 2.24) is 0 Å². The lowest BCUT2D eigenvalue weighted by atomic mass is 10.1. The van der Waals surface area contributed by atoms with Gasteiger partial charge in [0.25, 0.3) is 0 Å². The van der Waals surface area contributed by atoms with Crippen LogP contribution >= 0.6 is 0 Å². The minimum Gasteiger partial charge on any atom is -0.417 e. The third-order valence-corrected chi connectivity index (χ3v) is 13.1. The van der Waals surface area contributed by atoms with E-state index >= 15 is 0 Å². The van der Waals surface area contributed by atoms with Crippen LogP contribution in [0.5, 0.6) is 0 Å². The van der Waals surface area contributed by atoms with Crippen LogP contribution in [0.3, 0.4) is 0 Å². The van der Waals surface area contributed by atoms with E-state index < -0.39 is 8.32 Å². The zero-order chi connectivity index (χ0) is 28.5. The van der Waals surface area contributed by atoms with E-state index in [1.54, 1.807) is 0 Å². The van der Waals surface area contributed by atoms with Crippen molar-refractivity contribution in [2.24, 2.45) is 0 Å². The van der Waals surface area contributed by atoms with Crippen LogP contribution in [0, 0.1) is 0 Å². The second-order valence-electron chi connectivity index (χ2n) is 12.3. The summed E-state index contributed by atoms with van der Waals surface area (Å²) in [6.45, 7) is 4.32. The smallest absolute Gasteiger partial charge is 0.192 e. The summed E-state index contributed by atoms with van der Waals surface area (Å²) >= 11 is 0.